The molecule has 10 heteroatoms. The van der Waals surface area contributed by atoms with E-state index in [1.54, 1.807) is 42.3 Å². The molecule has 1 N–H and O–H groups in total. The number of benzene rings is 1. The fourth-order valence-corrected chi connectivity index (χ4v) is 6.70. The lowest BCUT2D eigenvalue weighted by atomic mass is 9.58. The molecule has 2 heterocycles. The average Bonchev–Trinajstić information content (AvgIpc) is 3.48. The van der Waals surface area contributed by atoms with Crippen LogP contribution in [0, 0.1) is 10.8 Å². The third-order valence-electron chi connectivity index (χ3n) is 7.61. The summed E-state index contributed by atoms with van der Waals surface area (Å²) in [6, 6.07) is 6.89. The van der Waals surface area contributed by atoms with Gasteiger partial charge in [0.05, 0.1) is 19.9 Å². The quantitative estimate of drug-likeness (QED) is 0.500. The Morgan fingerprint density at radius 2 is 1.74 bits per heavy atom. The highest BCUT2D eigenvalue weighted by molar-refractivity contribution is 5.85. The number of carbonyl (C=O) groups is 1. The van der Waals surface area contributed by atoms with Crippen molar-refractivity contribution in [1.29, 1.82) is 0 Å². The van der Waals surface area contributed by atoms with Crippen LogP contribution in [-0.4, -0.2) is 58.0 Å². The number of aromatic nitrogens is 2. The highest BCUT2D eigenvalue weighted by atomic mass is 19.3. The van der Waals surface area contributed by atoms with Crippen molar-refractivity contribution in [3.8, 4) is 17.2 Å². The Bertz CT molecular complexity index is 1150. The number of methoxy groups -OCH3 is 2. The third-order valence-corrected chi connectivity index (χ3v) is 7.61. The summed E-state index contributed by atoms with van der Waals surface area (Å²) in [4.78, 5) is 14.6. The summed E-state index contributed by atoms with van der Waals surface area (Å²) < 4.78 is 49.9. The predicted molar refractivity (Wildman–Crippen MR) is 137 cm³/mol. The molecule has 2 fully saturated rings. The van der Waals surface area contributed by atoms with E-state index >= 15 is 8.78 Å². The van der Waals surface area contributed by atoms with Crippen LogP contribution in [0.5, 0.6) is 17.2 Å². The van der Waals surface area contributed by atoms with Crippen molar-refractivity contribution < 1.29 is 32.9 Å². The Labute approximate surface area is 222 Å². The standard InChI is InChI=1S/C28H39F2N3O5/c1-25(2)16-26(3,4)18-27(35,17-25)28(29,30)24(34)32-13-7-8-23(32)33-19(11-12-31-33)15-38-20-9-10-21(36-5)22(14-20)37-6/h9-12,14,23,35H,7-8,13,15-18H2,1-6H3/t23-/m0/s1. The number of carbonyl (C=O) groups excluding carboxylic acids is 1. The summed E-state index contributed by atoms with van der Waals surface area (Å²) in [7, 11) is 3.08. The first kappa shape index (κ1) is 28.1. The molecule has 4 rings (SSSR count). The number of ether oxygens (including phenoxy) is 3. The van der Waals surface area contributed by atoms with Crippen molar-refractivity contribution in [3.63, 3.8) is 0 Å². The second kappa shape index (κ2) is 10.0. The van der Waals surface area contributed by atoms with Gasteiger partial charge in [0.2, 0.25) is 0 Å². The molecule has 2 aliphatic rings. The van der Waals surface area contributed by atoms with Crippen LogP contribution in [0.3, 0.4) is 0 Å². The normalized spacial score (nSPS) is 22.2. The van der Waals surface area contributed by atoms with E-state index in [2.05, 4.69) is 5.10 Å². The van der Waals surface area contributed by atoms with E-state index in [-0.39, 0.29) is 26.0 Å². The Balaban J connectivity index is 1.53. The van der Waals surface area contributed by atoms with Gasteiger partial charge in [-0.15, -0.1) is 0 Å². The first-order valence-electron chi connectivity index (χ1n) is 13.0. The maximum Gasteiger partial charge on any atom is 0.352 e. The molecule has 1 amide bonds. The largest absolute Gasteiger partial charge is 0.493 e. The van der Waals surface area contributed by atoms with E-state index in [4.69, 9.17) is 14.2 Å². The van der Waals surface area contributed by atoms with Crippen LogP contribution in [0.15, 0.2) is 30.5 Å². The molecule has 38 heavy (non-hydrogen) atoms. The molecule has 210 valence electrons. The molecule has 1 aliphatic heterocycles. The second-order valence-corrected chi connectivity index (χ2v) is 12.2. The molecule has 2 aromatic rings. The lowest BCUT2D eigenvalue weighted by molar-refractivity contribution is -0.232. The predicted octanol–water partition coefficient (Wildman–Crippen LogP) is 5.20. The van der Waals surface area contributed by atoms with Gasteiger partial charge in [0.25, 0.3) is 5.91 Å². The van der Waals surface area contributed by atoms with Gasteiger partial charge in [0.1, 0.15) is 24.1 Å². The van der Waals surface area contributed by atoms with Gasteiger partial charge >= 0.3 is 5.92 Å². The zero-order chi connectivity index (χ0) is 27.9. The summed E-state index contributed by atoms with van der Waals surface area (Å²) >= 11 is 0. The second-order valence-electron chi connectivity index (χ2n) is 12.2. The summed E-state index contributed by atoms with van der Waals surface area (Å²) in [5.74, 6) is -3.67. The van der Waals surface area contributed by atoms with Gasteiger partial charge in [-0.25, -0.2) is 4.68 Å². The van der Waals surface area contributed by atoms with Crippen molar-refractivity contribution in [2.45, 2.75) is 84.1 Å². The minimum absolute atomic E-state index is 0.108. The van der Waals surface area contributed by atoms with Crippen LogP contribution in [0.2, 0.25) is 0 Å². The molecule has 0 spiro atoms. The Hall–Kier alpha value is -2.88. The van der Waals surface area contributed by atoms with Gasteiger partial charge in [-0.1, -0.05) is 27.7 Å². The number of amides is 1. The molecular formula is C28H39F2N3O5. The van der Waals surface area contributed by atoms with Crippen LogP contribution in [-0.2, 0) is 11.4 Å². The van der Waals surface area contributed by atoms with E-state index in [0.717, 1.165) is 0 Å². The van der Waals surface area contributed by atoms with Crippen molar-refractivity contribution in [2.75, 3.05) is 20.8 Å². The van der Waals surface area contributed by atoms with Gasteiger partial charge in [-0.05, 0) is 61.1 Å². The topological polar surface area (TPSA) is 86.1 Å². The molecule has 1 saturated carbocycles. The highest BCUT2D eigenvalue weighted by Gasteiger charge is 2.65. The SMILES string of the molecule is COc1ccc(OCc2ccnn2[C@H]2CCCN2C(=O)C(F)(F)C2(O)CC(C)(C)CC(C)(C)C2)cc1OC. The number of likely N-dealkylation sites (tertiary alicyclic amines) is 1. The number of hydrogen-bond acceptors (Lipinski definition) is 6. The maximum atomic E-state index is 15.9. The summed E-state index contributed by atoms with van der Waals surface area (Å²) in [6.07, 6.45) is 2.29. The summed E-state index contributed by atoms with van der Waals surface area (Å²) in [5, 5.41) is 15.7. The zero-order valence-electron chi connectivity index (χ0n) is 23.1. The van der Waals surface area contributed by atoms with Gasteiger partial charge in [-0.2, -0.15) is 13.9 Å². The Morgan fingerprint density at radius 3 is 2.37 bits per heavy atom. The first-order valence-corrected chi connectivity index (χ1v) is 13.0. The summed E-state index contributed by atoms with van der Waals surface area (Å²) in [6.45, 7) is 7.74. The molecule has 0 unspecified atom stereocenters. The maximum absolute atomic E-state index is 15.9. The fraction of sp³-hybridized carbons (Fsp3) is 0.643. The smallest absolute Gasteiger partial charge is 0.352 e. The van der Waals surface area contributed by atoms with Crippen molar-refractivity contribution in [2.24, 2.45) is 10.8 Å². The molecule has 1 aromatic carbocycles. The first-order chi connectivity index (χ1) is 17.7. The Kier molecular flexibility index (Phi) is 7.42. The van der Waals surface area contributed by atoms with Crippen molar-refractivity contribution in [3.05, 3.63) is 36.2 Å². The van der Waals surface area contributed by atoms with Gasteiger partial charge in [0, 0.05) is 18.8 Å². The molecule has 0 radical (unpaired) electrons. The summed E-state index contributed by atoms with van der Waals surface area (Å²) in [5.41, 5.74) is -2.85. The van der Waals surface area contributed by atoms with Gasteiger partial charge < -0.3 is 24.2 Å². The van der Waals surface area contributed by atoms with Crippen LogP contribution >= 0.6 is 0 Å². The lowest BCUT2D eigenvalue weighted by Crippen LogP contribution is -2.63. The molecule has 8 nitrogen and oxygen atoms in total. The fourth-order valence-electron chi connectivity index (χ4n) is 6.70. The van der Waals surface area contributed by atoms with Crippen LogP contribution in [0.1, 0.15) is 71.7 Å². The van der Waals surface area contributed by atoms with Gasteiger partial charge in [0.15, 0.2) is 11.5 Å². The number of nitrogens with zero attached hydrogens (tertiary/aromatic N) is 3. The molecule has 1 aromatic heterocycles. The van der Waals surface area contributed by atoms with E-state index in [0.29, 0.717) is 42.2 Å². The molecule has 1 saturated heterocycles. The lowest BCUT2D eigenvalue weighted by Gasteiger charge is -2.51. The van der Waals surface area contributed by atoms with E-state index in [1.807, 2.05) is 27.7 Å². The Morgan fingerprint density at radius 1 is 1.08 bits per heavy atom. The van der Waals surface area contributed by atoms with Crippen molar-refractivity contribution in [1.82, 2.24) is 14.7 Å². The van der Waals surface area contributed by atoms with Gasteiger partial charge in [-0.3, -0.25) is 4.79 Å². The molecule has 1 aliphatic carbocycles. The van der Waals surface area contributed by atoms with E-state index < -0.39 is 34.4 Å². The molecule has 0 bridgehead atoms. The van der Waals surface area contributed by atoms with Crippen LogP contribution < -0.4 is 14.2 Å². The molecule has 1 atom stereocenters. The average molecular weight is 536 g/mol. The number of aliphatic hydroxyl groups is 1. The minimum Gasteiger partial charge on any atom is -0.493 e. The number of rotatable bonds is 8. The zero-order valence-corrected chi connectivity index (χ0v) is 23.1. The highest BCUT2D eigenvalue weighted by Crippen LogP contribution is 2.55. The third kappa shape index (κ3) is 5.32. The van der Waals surface area contributed by atoms with Crippen LogP contribution in [0.4, 0.5) is 8.78 Å². The van der Waals surface area contributed by atoms with E-state index in [9.17, 15) is 9.90 Å². The van der Waals surface area contributed by atoms with Crippen molar-refractivity contribution >= 4 is 5.91 Å². The van der Waals surface area contributed by atoms with E-state index in [1.165, 1.54) is 12.0 Å². The number of alkyl halides is 2. The van der Waals surface area contributed by atoms with Crippen LogP contribution in [0.25, 0.3) is 0 Å². The minimum atomic E-state index is -3.94. The molecular weight excluding hydrogens is 496 g/mol. The number of halogens is 2. The monoisotopic (exact) mass is 535 g/mol. The number of hydrogen-bond donors (Lipinski definition) is 1.